The van der Waals surface area contributed by atoms with E-state index in [4.69, 9.17) is 16.5 Å². The minimum atomic E-state index is -0.573. The van der Waals surface area contributed by atoms with Gasteiger partial charge in [0.15, 0.2) is 0 Å². The number of hydrogen-bond acceptors (Lipinski definition) is 4. The Morgan fingerprint density at radius 1 is 1.63 bits per heavy atom. The number of anilines is 1. The van der Waals surface area contributed by atoms with E-state index >= 15 is 0 Å². The van der Waals surface area contributed by atoms with Crippen LogP contribution in [0.25, 0.3) is 0 Å². The third kappa shape index (κ3) is 4.12. The highest BCUT2D eigenvalue weighted by Gasteiger charge is 2.25. The van der Waals surface area contributed by atoms with Crippen LogP contribution in [0.1, 0.15) is 19.3 Å². The fourth-order valence-corrected chi connectivity index (χ4v) is 2.15. The number of hydrogen-bond donors (Lipinski definition) is 2. The Kier molecular flexibility index (Phi) is 5.07. The summed E-state index contributed by atoms with van der Waals surface area (Å²) in [5, 5.41) is 2.57. The molecule has 0 radical (unpaired) electrons. The summed E-state index contributed by atoms with van der Waals surface area (Å²) in [6, 6.07) is 2.05. The molecule has 5 nitrogen and oxygen atoms in total. The quantitative estimate of drug-likeness (QED) is 0.811. The van der Waals surface area contributed by atoms with E-state index in [0.29, 0.717) is 6.42 Å². The molecule has 104 valence electrons. The van der Waals surface area contributed by atoms with Gasteiger partial charge in [0, 0.05) is 6.61 Å². The van der Waals surface area contributed by atoms with Gasteiger partial charge in [-0.05, 0) is 43.2 Å². The van der Waals surface area contributed by atoms with Crippen LogP contribution < -0.4 is 10.2 Å². The Balaban J connectivity index is 1.90. The second kappa shape index (κ2) is 6.79. The van der Waals surface area contributed by atoms with Gasteiger partial charge in [0.25, 0.3) is 0 Å². The zero-order chi connectivity index (χ0) is 13.7. The third-order valence-electron chi connectivity index (χ3n) is 2.95. The monoisotopic (exact) mass is 287 g/mol. The predicted octanol–water partition coefficient (Wildman–Crippen LogP) is 1.84. The Morgan fingerprint density at radius 2 is 2.47 bits per heavy atom. The molecule has 2 atom stereocenters. The van der Waals surface area contributed by atoms with Crippen molar-refractivity contribution in [2.75, 3.05) is 11.9 Å². The molecule has 0 saturated carbocycles. The summed E-state index contributed by atoms with van der Waals surface area (Å²) >= 11 is 5.59. The minimum absolute atomic E-state index is 0.0446. The van der Waals surface area contributed by atoms with Crippen molar-refractivity contribution >= 4 is 23.5 Å². The summed E-state index contributed by atoms with van der Waals surface area (Å²) in [4.78, 5) is 18.2. The number of nitrogens with one attached hydrogen (secondary N) is 2. The first-order chi connectivity index (χ1) is 9.19. The van der Waals surface area contributed by atoms with E-state index in [1.807, 2.05) is 0 Å². The molecule has 2 rings (SSSR count). The van der Waals surface area contributed by atoms with Crippen molar-refractivity contribution in [3.05, 3.63) is 24.1 Å². The van der Waals surface area contributed by atoms with E-state index in [2.05, 4.69) is 15.1 Å². The number of aromatic nitrogens is 1. The maximum absolute atomic E-state index is 12.7. The van der Waals surface area contributed by atoms with Crippen molar-refractivity contribution in [1.82, 2.24) is 9.82 Å². The number of rotatable bonds is 5. The Labute approximate surface area is 115 Å². The van der Waals surface area contributed by atoms with Crippen molar-refractivity contribution in [1.29, 1.82) is 0 Å². The third-order valence-corrected chi connectivity index (χ3v) is 3.21. The smallest absolute Gasteiger partial charge is 0.244 e. The Morgan fingerprint density at radius 3 is 3.05 bits per heavy atom. The van der Waals surface area contributed by atoms with Gasteiger partial charge >= 0.3 is 0 Å². The fourth-order valence-electron chi connectivity index (χ4n) is 1.96. The van der Waals surface area contributed by atoms with Gasteiger partial charge in [0.1, 0.15) is 17.7 Å². The van der Waals surface area contributed by atoms with Gasteiger partial charge in [-0.25, -0.2) is 14.2 Å². The first-order valence-corrected chi connectivity index (χ1v) is 6.47. The largest absolute Gasteiger partial charge is 0.378 e. The summed E-state index contributed by atoms with van der Waals surface area (Å²) in [7, 11) is 0. The average Bonchev–Trinajstić information content (AvgIpc) is 2.91. The summed E-state index contributed by atoms with van der Waals surface area (Å²) in [5.41, 5.74) is 0. The van der Waals surface area contributed by atoms with Crippen LogP contribution >= 0.6 is 11.8 Å². The second-order valence-corrected chi connectivity index (χ2v) is 4.60. The van der Waals surface area contributed by atoms with Crippen LogP contribution in [0.3, 0.4) is 0 Å². The van der Waals surface area contributed by atoms with Crippen LogP contribution in [0.2, 0.25) is 0 Å². The van der Waals surface area contributed by atoms with E-state index in [0.717, 1.165) is 25.6 Å². The summed E-state index contributed by atoms with van der Waals surface area (Å²) in [6.07, 6.45) is 3.51. The molecule has 0 aliphatic carbocycles. The molecular weight excluding hydrogens is 273 g/mol. The van der Waals surface area contributed by atoms with Crippen LogP contribution in [0.15, 0.2) is 18.3 Å². The van der Waals surface area contributed by atoms with E-state index in [9.17, 15) is 9.18 Å². The van der Waals surface area contributed by atoms with Gasteiger partial charge in [-0.3, -0.25) is 4.79 Å². The number of amides is 1. The second-order valence-electron chi connectivity index (χ2n) is 4.38. The molecular formula is C12H15ClFN3O2. The highest BCUT2D eigenvalue weighted by Crippen LogP contribution is 2.18. The van der Waals surface area contributed by atoms with Gasteiger partial charge in [-0.15, -0.1) is 0 Å². The molecule has 19 heavy (non-hydrogen) atoms. The summed E-state index contributed by atoms with van der Waals surface area (Å²) < 4.78 is 18.2. The highest BCUT2D eigenvalue weighted by molar-refractivity contribution is 6.15. The molecule has 1 unspecified atom stereocenters. The van der Waals surface area contributed by atoms with Crippen molar-refractivity contribution in [2.45, 2.75) is 31.4 Å². The molecule has 1 saturated heterocycles. The van der Waals surface area contributed by atoms with Gasteiger partial charge in [0.05, 0.1) is 12.3 Å². The van der Waals surface area contributed by atoms with Crippen molar-refractivity contribution < 1.29 is 13.9 Å². The Hall–Kier alpha value is -1.24. The highest BCUT2D eigenvalue weighted by atomic mass is 35.5. The first kappa shape index (κ1) is 14.2. The molecule has 1 aromatic heterocycles. The van der Waals surface area contributed by atoms with E-state index in [1.54, 1.807) is 0 Å². The number of pyridine rings is 1. The van der Waals surface area contributed by atoms with Gasteiger partial charge in [-0.2, -0.15) is 0 Å². The van der Waals surface area contributed by atoms with Crippen LogP contribution in [-0.4, -0.2) is 29.6 Å². The maximum atomic E-state index is 12.7. The van der Waals surface area contributed by atoms with Crippen molar-refractivity contribution in [3.8, 4) is 0 Å². The number of nitrogens with zero attached hydrogens (tertiary/aromatic N) is 1. The molecule has 7 heteroatoms. The van der Waals surface area contributed by atoms with E-state index in [1.165, 1.54) is 12.1 Å². The SMILES string of the molecule is O=C(Nc1ccc(F)cn1)[C@H](CC1CCCO1)NCl. The maximum Gasteiger partial charge on any atom is 0.244 e. The molecule has 0 aromatic carbocycles. The molecule has 2 N–H and O–H groups in total. The lowest BCUT2D eigenvalue weighted by Gasteiger charge is -2.17. The fraction of sp³-hybridized carbons (Fsp3) is 0.500. The lowest BCUT2D eigenvalue weighted by Crippen LogP contribution is -2.38. The molecule has 0 bridgehead atoms. The van der Waals surface area contributed by atoms with Crippen molar-refractivity contribution in [3.63, 3.8) is 0 Å². The molecule has 1 aliphatic rings. The average molecular weight is 288 g/mol. The van der Waals surface area contributed by atoms with Crippen LogP contribution in [0.4, 0.5) is 10.2 Å². The molecule has 1 amide bonds. The number of halogens is 2. The lowest BCUT2D eigenvalue weighted by molar-refractivity contribution is -0.118. The summed E-state index contributed by atoms with van der Waals surface area (Å²) in [6.45, 7) is 0.723. The van der Waals surface area contributed by atoms with E-state index in [-0.39, 0.29) is 17.8 Å². The molecule has 1 aliphatic heterocycles. The standard InChI is InChI=1S/C12H15ClFN3O2/c13-17-10(6-9-2-1-5-19-9)12(18)16-11-4-3-8(14)7-15-11/h3-4,7,9-10,17H,1-2,5-6H2,(H,15,16,18)/t9?,10-/m0/s1. The van der Waals surface area contributed by atoms with Crippen molar-refractivity contribution in [2.24, 2.45) is 0 Å². The Bertz CT molecular complexity index is 423. The predicted molar refractivity (Wildman–Crippen MR) is 69.2 cm³/mol. The van der Waals surface area contributed by atoms with Crippen LogP contribution in [0.5, 0.6) is 0 Å². The topological polar surface area (TPSA) is 63.2 Å². The first-order valence-electron chi connectivity index (χ1n) is 6.09. The van der Waals surface area contributed by atoms with Gasteiger partial charge in [-0.1, -0.05) is 0 Å². The number of carbonyl (C=O) groups is 1. The van der Waals surface area contributed by atoms with E-state index < -0.39 is 11.9 Å². The van der Waals surface area contributed by atoms with Crippen LogP contribution in [0, 0.1) is 5.82 Å². The normalized spacial score (nSPS) is 20.2. The minimum Gasteiger partial charge on any atom is -0.378 e. The number of ether oxygens (including phenoxy) is 1. The van der Waals surface area contributed by atoms with Gasteiger partial charge in [0.2, 0.25) is 5.91 Å². The zero-order valence-electron chi connectivity index (χ0n) is 10.2. The molecule has 1 aromatic rings. The van der Waals surface area contributed by atoms with Gasteiger partial charge < -0.3 is 10.1 Å². The molecule has 0 spiro atoms. The zero-order valence-corrected chi connectivity index (χ0v) is 11.0. The molecule has 2 heterocycles. The lowest BCUT2D eigenvalue weighted by atomic mass is 10.1. The number of carbonyl (C=O) groups excluding carboxylic acids is 1. The summed E-state index contributed by atoms with van der Waals surface area (Å²) in [5.74, 6) is -0.482. The molecule has 1 fully saturated rings. The van der Waals surface area contributed by atoms with Crippen LogP contribution in [-0.2, 0) is 9.53 Å².